The molecule has 2 aromatic heterocycles. The second-order valence-corrected chi connectivity index (χ2v) is 4.95. The first-order chi connectivity index (χ1) is 10.2. The van der Waals surface area contributed by atoms with Gasteiger partial charge in [0.15, 0.2) is 5.82 Å². The zero-order valence-corrected chi connectivity index (χ0v) is 12.2. The lowest BCUT2D eigenvalue weighted by Gasteiger charge is -2.08. The summed E-state index contributed by atoms with van der Waals surface area (Å²) in [4.78, 5) is 8.76. The van der Waals surface area contributed by atoms with Crippen molar-refractivity contribution in [3.05, 3.63) is 59.5 Å². The van der Waals surface area contributed by atoms with Crippen molar-refractivity contribution in [2.24, 2.45) is 7.05 Å². The van der Waals surface area contributed by atoms with E-state index in [-0.39, 0.29) is 0 Å². The zero-order valence-electron chi connectivity index (χ0n) is 11.5. The number of nitrogens with zero attached hydrogens (tertiary/aromatic N) is 4. The van der Waals surface area contributed by atoms with Gasteiger partial charge in [-0.15, -0.1) is 0 Å². The normalized spacial score (nSPS) is 10.6. The summed E-state index contributed by atoms with van der Waals surface area (Å²) in [5.74, 6) is 1.30. The van der Waals surface area contributed by atoms with E-state index >= 15 is 0 Å². The first-order valence-electron chi connectivity index (χ1n) is 6.53. The zero-order chi connectivity index (χ0) is 14.7. The van der Waals surface area contributed by atoms with Crippen molar-refractivity contribution in [1.29, 1.82) is 0 Å². The van der Waals surface area contributed by atoms with E-state index in [4.69, 9.17) is 11.6 Å². The van der Waals surface area contributed by atoms with Crippen molar-refractivity contribution in [1.82, 2.24) is 19.7 Å². The van der Waals surface area contributed by atoms with Crippen molar-refractivity contribution in [3.8, 4) is 11.4 Å². The molecule has 0 saturated carbocycles. The molecule has 0 saturated heterocycles. The van der Waals surface area contributed by atoms with E-state index < -0.39 is 0 Å². The minimum absolute atomic E-state index is 0.413. The number of anilines is 1. The molecule has 0 bridgehead atoms. The van der Waals surface area contributed by atoms with Crippen molar-refractivity contribution in [3.63, 3.8) is 0 Å². The molecule has 6 heteroatoms. The summed E-state index contributed by atoms with van der Waals surface area (Å²) in [6.45, 7) is 0.623. The number of halogens is 1. The molecule has 2 heterocycles. The van der Waals surface area contributed by atoms with E-state index in [1.54, 1.807) is 12.3 Å². The predicted molar refractivity (Wildman–Crippen MR) is 83.0 cm³/mol. The molecule has 0 fully saturated rings. The summed E-state index contributed by atoms with van der Waals surface area (Å²) >= 11 is 6.08. The number of aromatic nitrogens is 4. The van der Waals surface area contributed by atoms with Crippen LogP contribution >= 0.6 is 11.6 Å². The molecule has 0 aliphatic rings. The maximum absolute atomic E-state index is 6.08. The molecular weight excluding hydrogens is 286 g/mol. The molecule has 3 rings (SSSR count). The minimum Gasteiger partial charge on any atom is -0.364 e. The van der Waals surface area contributed by atoms with Crippen LogP contribution in [0.15, 0.2) is 48.7 Å². The summed E-state index contributed by atoms with van der Waals surface area (Å²) < 4.78 is 1.81. The van der Waals surface area contributed by atoms with Crippen molar-refractivity contribution < 1.29 is 0 Å². The van der Waals surface area contributed by atoms with Crippen molar-refractivity contribution >= 4 is 17.4 Å². The summed E-state index contributed by atoms with van der Waals surface area (Å²) in [6, 6.07) is 13.4. The fourth-order valence-corrected chi connectivity index (χ4v) is 2.16. The summed E-state index contributed by atoms with van der Waals surface area (Å²) in [5, 5.41) is 7.79. The molecule has 0 spiro atoms. The molecule has 0 atom stereocenters. The average Bonchev–Trinajstić information content (AvgIpc) is 2.91. The summed E-state index contributed by atoms with van der Waals surface area (Å²) in [5.41, 5.74) is 1.99. The Bertz CT molecular complexity index is 739. The van der Waals surface area contributed by atoms with Gasteiger partial charge >= 0.3 is 0 Å². The molecule has 0 radical (unpaired) electrons. The second-order valence-electron chi connectivity index (χ2n) is 4.57. The lowest BCUT2D eigenvalue weighted by molar-refractivity contribution is 0.720. The molecule has 0 aliphatic heterocycles. The lowest BCUT2D eigenvalue weighted by Crippen LogP contribution is -2.07. The van der Waals surface area contributed by atoms with Gasteiger partial charge < -0.3 is 5.32 Å². The third-order valence-corrected chi connectivity index (χ3v) is 3.29. The first kappa shape index (κ1) is 13.6. The Labute approximate surface area is 127 Å². The maximum atomic E-state index is 6.08. The smallest absolute Gasteiger partial charge is 0.163 e. The fraction of sp³-hybridized carbons (Fsp3) is 0.133. The Kier molecular flexibility index (Phi) is 3.83. The average molecular weight is 300 g/mol. The van der Waals surface area contributed by atoms with Gasteiger partial charge in [0.25, 0.3) is 0 Å². The second kappa shape index (κ2) is 5.93. The third-order valence-electron chi connectivity index (χ3n) is 3.10. The van der Waals surface area contributed by atoms with E-state index in [1.165, 1.54) is 0 Å². The number of benzene rings is 1. The highest BCUT2D eigenvalue weighted by atomic mass is 35.5. The Morgan fingerprint density at radius 2 is 1.95 bits per heavy atom. The molecule has 1 aromatic carbocycles. The number of hydrogen-bond donors (Lipinski definition) is 1. The summed E-state index contributed by atoms with van der Waals surface area (Å²) in [7, 11) is 1.90. The number of aryl methyl sites for hydroxylation is 1. The number of nitrogens with one attached hydrogen (secondary N) is 1. The highest BCUT2D eigenvalue weighted by Gasteiger charge is 2.06. The highest BCUT2D eigenvalue weighted by Crippen LogP contribution is 2.20. The van der Waals surface area contributed by atoms with Crippen LogP contribution in [0.4, 0.5) is 5.82 Å². The third kappa shape index (κ3) is 3.20. The standard InChI is InChI=1S/C15H14ClN5/c1-21-12(7-8-18-21)10-17-14-9-13(16)19-15(20-14)11-5-3-2-4-6-11/h2-9H,10H2,1H3,(H,17,19,20). The van der Waals surface area contributed by atoms with Gasteiger partial charge in [0.05, 0.1) is 12.2 Å². The van der Waals surface area contributed by atoms with Crippen LogP contribution in [0, 0.1) is 0 Å². The molecule has 106 valence electrons. The van der Waals surface area contributed by atoms with Gasteiger partial charge in [0.1, 0.15) is 11.0 Å². The maximum Gasteiger partial charge on any atom is 0.163 e. The van der Waals surface area contributed by atoms with Gasteiger partial charge in [0.2, 0.25) is 0 Å². The number of rotatable bonds is 4. The van der Waals surface area contributed by atoms with Crippen LogP contribution in [0.3, 0.4) is 0 Å². The Morgan fingerprint density at radius 1 is 1.14 bits per heavy atom. The van der Waals surface area contributed by atoms with Crippen LogP contribution in [0.1, 0.15) is 5.69 Å². The lowest BCUT2D eigenvalue weighted by atomic mass is 10.2. The monoisotopic (exact) mass is 299 g/mol. The van der Waals surface area contributed by atoms with E-state index in [1.807, 2.05) is 48.1 Å². The summed E-state index contributed by atoms with van der Waals surface area (Å²) in [6.07, 6.45) is 1.76. The molecule has 0 aliphatic carbocycles. The molecule has 21 heavy (non-hydrogen) atoms. The topological polar surface area (TPSA) is 55.6 Å². The largest absolute Gasteiger partial charge is 0.364 e. The Hall–Kier alpha value is -2.40. The molecule has 5 nitrogen and oxygen atoms in total. The van der Waals surface area contributed by atoms with Gasteiger partial charge in [-0.1, -0.05) is 41.9 Å². The molecule has 1 N–H and O–H groups in total. The van der Waals surface area contributed by atoms with E-state index in [0.717, 1.165) is 11.3 Å². The SMILES string of the molecule is Cn1nccc1CNc1cc(Cl)nc(-c2ccccc2)n1. The first-order valence-corrected chi connectivity index (χ1v) is 6.91. The van der Waals surface area contributed by atoms with E-state index in [0.29, 0.717) is 23.3 Å². The van der Waals surface area contributed by atoms with Gasteiger partial charge in [-0.25, -0.2) is 9.97 Å². The molecule has 3 aromatic rings. The van der Waals surface area contributed by atoms with Gasteiger partial charge in [-0.2, -0.15) is 5.10 Å². The Morgan fingerprint density at radius 3 is 2.67 bits per heavy atom. The van der Waals surface area contributed by atoms with Crippen LogP contribution in [0.25, 0.3) is 11.4 Å². The molecular formula is C15H14ClN5. The van der Waals surface area contributed by atoms with Crippen LogP contribution in [-0.2, 0) is 13.6 Å². The molecule has 0 amide bonds. The fourth-order valence-electron chi connectivity index (χ4n) is 1.98. The quantitative estimate of drug-likeness (QED) is 0.752. The van der Waals surface area contributed by atoms with Gasteiger partial charge in [-0.3, -0.25) is 4.68 Å². The Balaban J connectivity index is 1.83. The van der Waals surface area contributed by atoms with Crippen molar-refractivity contribution in [2.45, 2.75) is 6.54 Å². The minimum atomic E-state index is 0.413. The van der Waals surface area contributed by atoms with Gasteiger partial charge in [-0.05, 0) is 6.07 Å². The van der Waals surface area contributed by atoms with Crippen LogP contribution < -0.4 is 5.32 Å². The highest BCUT2D eigenvalue weighted by molar-refractivity contribution is 6.29. The van der Waals surface area contributed by atoms with E-state index in [9.17, 15) is 0 Å². The van der Waals surface area contributed by atoms with Gasteiger partial charge in [0, 0.05) is 24.9 Å². The van der Waals surface area contributed by atoms with Crippen LogP contribution in [0.5, 0.6) is 0 Å². The van der Waals surface area contributed by atoms with Crippen LogP contribution in [-0.4, -0.2) is 19.7 Å². The molecule has 0 unspecified atom stereocenters. The van der Waals surface area contributed by atoms with Crippen LogP contribution in [0.2, 0.25) is 5.15 Å². The van der Waals surface area contributed by atoms with E-state index in [2.05, 4.69) is 20.4 Å². The van der Waals surface area contributed by atoms with Crippen molar-refractivity contribution in [2.75, 3.05) is 5.32 Å². The predicted octanol–water partition coefficient (Wildman–Crippen LogP) is 3.14. The number of hydrogen-bond acceptors (Lipinski definition) is 4.